The number of aliphatic imine (C=N–C) groups is 1. The SMILES string of the molecule is O=[N+]([O-])c1cc(Br)cc2cc(C3=NCC(CN4CCOCC4)S3)[nH]c12. The number of non-ortho nitro benzene ring substituents is 1. The molecule has 7 nitrogen and oxygen atoms in total. The third-order valence-corrected chi connectivity index (χ3v) is 6.04. The van der Waals surface area contributed by atoms with Gasteiger partial charge in [-0.15, -0.1) is 0 Å². The summed E-state index contributed by atoms with van der Waals surface area (Å²) in [5.41, 5.74) is 1.47. The lowest BCUT2D eigenvalue weighted by Crippen LogP contribution is -2.40. The van der Waals surface area contributed by atoms with Crippen LogP contribution in [0.4, 0.5) is 5.69 Å². The zero-order valence-electron chi connectivity index (χ0n) is 13.4. The Kier molecular flexibility index (Phi) is 4.81. The Morgan fingerprint density at radius 2 is 2.20 bits per heavy atom. The predicted molar refractivity (Wildman–Crippen MR) is 103 cm³/mol. The third kappa shape index (κ3) is 3.59. The fraction of sp³-hybridized carbons (Fsp3) is 0.438. The number of hydrogen-bond donors (Lipinski definition) is 1. The van der Waals surface area contributed by atoms with Crippen LogP contribution >= 0.6 is 27.7 Å². The maximum atomic E-state index is 11.3. The summed E-state index contributed by atoms with van der Waals surface area (Å²) in [6.45, 7) is 5.31. The molecule has 0 spiro atoms. The highest BCUT2D eigenvalue weighted by Gasteiger charge is 2.26. The number of fused-ring (bicyclic) bond motifs is 1. The number of ether oxygens (including phenoxy) is 1. The van der Waals surface area contributed by atoms with Crippen LogP contribution in [0, 0.1) is 10.1 Å². The van der Waals surface area contributed by atoms with E-state index in [0.717, 1.165) is 55.5 Å². The van der Waals surface area contributed by atoms with Crippen molar-refractivity contribution in [1.82, 2.24) is 9.88 Å². The molecule has 1 N–H and O–H groups in total. The van der Waals surface area contributed by atoms with Crippen LogP contribution in [-0.4, -0.2) is 64.5 Å². The van der Waals surface area contributed by atoms with E-state index >= 15 is 0 Å². The van der Waals surface area contributed by atoms with Gasteiger partial charge < -0.3 is 9.72 Å². The van der Waals surface area contributed by atoms with Gasteiger partial charge in [0, 0.05) is 40.8 Å². The van der Waals surface area contributed by atoms with Gasteiger partial charge in [-0.25, -0.2) is 0 Å². The molecule has 0 bridgehead atoms. The molecule has 1 fully saturated rings. The summed E-state index contributed by atoms with van der Waals surface area (Å²) in [6.07, 6.45) is 0. The van der Waals surface area contributed by atoms with Crippen LogP contribution in [0.1, 0.15) is 5.69 Å². The zero-order chi connectivity index (χ0) is 17.4. The average Bonchev–Trinajstić information content (AvgIpc) is 3.21. The summed E-state index contributed by atoms with van der Waals surface area (Å²) < 4.78 is 6.09. The summed E-state index contributed by atoms with van der Waals surface area (Å²) in [5.74, 6) is 0. The number of rotatable bonds is 4. The number of nitro benzene ring substituents is 1. The van der Waals surface area contributed by atoms with E-state index in [1.165, 1.54) is 6.07 Å². The number of aromatic nitrogens is 1. The van der Waals surface area contributed by atoms with Crippen LogP contribution in [0.3, 0.4) is 0 Å². The zero-order valence-corrected chi connectivity index (χ0v) is 15.8. The van der Waals surface area contributed by atoms with Gasteiger partial charge in [0.2, 0.25) is 0 Å². The van der Waals surface area contributed by atoms with E-state index in [1.807, 2.05) is 12.1 Å². The van der Waals surface area contributed by atoms with Gasteiger partial charge in [0.15, 0.2) is 0 Å². The van der Waals surface area contributed by atoms with Gasteiger partial charge >= 0.3 is 0 Å². The molecule has 1 saturated heterocycles. The van der Waals surface area contributed by atoms with E-state index in [0.29, 0.717) is 15.2 Å². The number of thioether (sulfide) groups is 1. The Bertz CT molecular complexity index is 847. The molecule has 132 valence electrons. The van der Waals surface area contributed by atoms with Crippen molar-refractivity contribution in [2.75, 3.05) is 39.4 Å². The molecule has 2 aliphatic heterocycles. The van der Waals surface area contributed by atoms with Gasteiger partial charge in [-0.2, -0.15) is 0 Å². The normalized spacial score (nSPS) is 21.6. The molecule has 1 aromatic heterocycles. The highest BCUT2D eigenvalue weighted by molar-refractivity contribution is 9.10. The molecule has 25 heavy (non-hydrogen) atoms. The fourth-order valence-electron chi connectivity index (χ4n) is 3.18. The maximum Gasteiger partial charge on any atom is 0.294 e. The van der Waals surface area contributed by atoms with Gasteiger partial charge in [0.25, 0.3) is 5.69 Å². The van der Waals surface area contributed by atoms with Crippen molar-refractivity contribution in [1.29, 1.82) is 0 Å². The van der Waals surface area contributed by atoms with E-state index in [1.54, 1.807) is 11.8 Å². The monoisotopic (exact) mass is 424 g/mol. The maximum absolute atomic E-state index is 11.3. The smallest absolute Gasteiger partial charge is 0.294 e. The first-order chi connectivity index (χ1) is 12.1. The summed E-state index contributed by atoms with van der Waals surface area (Å²) >= 11 is 5.09. The second-order valence-corrected chi connectivity index (χ2v) is 8.33. The number of nitrogens with zero attached hydrogens (tertiary/aromatic N) is 3. The Morgan fingerprint density at radius 1 is 1.40 bits per heavy atom. The Morgan fingerprint density at radius 3 is 2.96 bits per heavy atom. The lowest BCUT2D eigenvalue weighted by atomic mass is 10.2. The van der Waals surface area contributed by atoms with Gasteiger partial charge in [0.1, 0.15) is 10.6 Å². The minimum absolute atomic E-state index is 0.0732. The molecule has 2 aromatic rings. The van der Waals surface area contributed by atoms with Crippen molar-refractivity contribution >= 4 is 49.3 Å². The Hall–Kier alpha value is -1.42. The molecule has 1 aromatic carbocycles. The third-order valence-electron chi connectivity index (χ3n) is 4.38. The van der Waals surface area contributed by atoms with Gasteiger partial charge in [-0.3, -0.25) is 20.0 Å². The largest absolute Gasteiger partial charge is 0.379 e. The highest BCUT2D eigenvalue weighted by Crippen LogP contribution is 2.33. The number of benzene rings is 1. The number of aromatic amines is 1. The van der Waals surface area contributed by atoms with Crippen LogP contribution in [-0.2, 0) is 4.74 Å². The van der Waals surface area contributed by atoms with Crippen LogP contribution in [0.25, 0.3) is 10.9 Å². The first-order valence-electron chi connectivity index (χ1n) is 8.08. The van der Waals surface area contributed by atoms with E-state index in [4.69, 9.17) is 4.74 Å². The van der Waals surface area contributed by atoms with E-state index in [-0.39, 0.29) is 10.6 Å². The van der Waals surface area contributed by atoms with Crippen LogP contribution < -0.4 is 0 Å². The summed E-state index contributed by atoms with van der Waals surface area (Å²) in [6, 6.07) is 5.34. The topological polar surface area (TPSA) is 83.8 Å². The summed E-state index contributed by atoms with van der Waals surface area (Å²) in [5, 5.41) is 13.4. The van der Waals surface area contributed by atoms with Crippen molar-refractivity contribution in [3.05, 3.63) is 38.5 Å². The van der Waals surface area contributed by atoms with E-state index in [9.17, 15) is 10.1 Å². The van der Waals surface area contributed by atoms with E-state index in [2.05, 4.69) is 30.8 Å². The molecule has 0 amide bonds. The van der Waals surface area contributed by atoms with Crippen molar-refractivity contribution in [2.24, 2.45) is 4.99 Å². The first-order valence-corrected chi connectivity index (χ1v) is 9.75. The molecular weight excluding hydrogens is 408 g/mol. The second kappa shape index (κ2) is 7.06. The van der Waals surface area contributed by atoms with Gasteiger partial charge in [-0.05, 0) is 12.1 Å². The lowest BCUT2D eigenvalue weighted by molar-refractivity contribution is -0.383. The van der Waals surface area contributed by atoms with Crippen molar-refractivity contribution in [3.63, 3.8) is 0 Å². The summed E-state index contributed by atoms with van der Waals surface area (Å²) in [4.78, 5) is 21.2. The van der Waals surface area contributed by atoms with Crippen LogP contribution in [0.5, 0.6) is 0 Å². The minimum atomic E-state index is -0.363. The molecule has 0 radical (unpaired) electrons. The van der Waals surface area contributed by atoms with Crippen molar-refractivity contribution in [3.8, 4) is 0 Å². The molecule has 3 heterocycles. The highest BCUT2D eigenvalue weighted by atomic mass is 79.9. The number of hydrogen-bond acceptors (Lipinski definition) is 6. The summed E-state index contributed by atoms with van der Waals surface area (Å²) in [7, 11) is 0. The van der Waals surface area contributed by atoms with Crippen molar-refractivity contribution in [2.45, 2.75) is 5.25 Å². The first kappa shape index (κ1) is 17.0. The number of nitrogens with one attached hydrogen (secondary N) is 1. The number of nitro groups is 1. The molecular formula is C16H17BrN4O3S. The van der Waals surface area contributed by atoms with Crippen molar-refractivity contribution < 1.29 is 9.66 Å². The average molecular weight is 425 g/mol. The molecule has 1 atom stereocenters. The lowest BCUT2D eigenvalue weighted by Gasteiger charge is -2.28. The second-order valence-electron chi connectivity index (χ2n) is 6.13. The molecule has 0 saturated carbocycles. The minimum Gasteiger partial charge on any atom is -0.379 e. The Labute approximate surface area is 157 Å². The standard InChI is InChI=1S/C16H17BrN4O3S/c17-11-5-10-6-13(19-15(10)14(7-11)21(22)23)16-18-8-12(25-16)9-20-1-3-24-4-2-20/h5-7,12,19H,1-4,8-9H2. The van der Waals surface area contributed by atoms with E-state index < -0.39 is 0 Å². The number of halogens is 1. The van der Waals surface area contributed by atoms with Gasteiger partial charge in [0.05, 0.1) is 30.4 Å². The molecule has 1 unspecified atom stereocenters. The fourth-order valence-corrected chi connectivity index (χ4v) is 4.78. The molecule has 0 aliphatic carbocycles. The quantitative estimate of drug-likeness (QED) is 0.602. The molecule has 4 rings (SSSR count). The van der Waals surface area contributed by atoms with Crippen LogP contribution in [0.15, 0.2) is 27.7 Å². The predicted octanol–water partition coefficient (Wildman–Crippen LogP) is 3.03. The Balaban J connectivity index is 1.52. The molecule has 9 heteroatoms. The molecule has 2 aliphatic rings. The number of morpholine rings is 1. The number of H-pyrrole nitrogens is 1. The van der Waals surface area contributed by atoms with Gasteiger partial charge in [-0.1, -0.05) is 27.7 Å². The van der Waals surface area contributed by atoms with Crippen LogP contribution in [0.2, 0.25) is 0 Å².